The van der Waals surface area contributed by atoms with Gasteiger partial charge in [0.05, 0.1) is 12.1 Å². The van der Waals surface area contributed by atoms with E-state index in [1.807, 2.05) is 6.92 Å². The van der Waals surface area contributed by atoms with E-state index in [0.717, 1.165) is 12.5 Å². The number of amides is 3. The third-order valence-electron chi connectivity index (χ3n) is 6.75. The molecule has 0 aromatic carbocycles. The minimum absolute atomic E-state index is 0.0749. The number of nitrogens with zero attached hydrogens (tertiary/aromatic N) is 4. The number of pyridine rings is 1. The average molecular weight is 512 g/mol. The summed E-state index contributed by atoms with van der Waals surface area (Å²) in [6.45, 7) is 7.08. The highest BCUT2D eigenvalue weighted by Gasteiger charge is 2.41. The first kappa shape index (κ1) is 27.9. The first-order valence-corrected chi connectivity index (χ1v) is 12.6. The predicted molar refractivity (Wildman–Crippen MR) is 133 cm³/mol. The second-order valence-electron chi connectivity index (χ2n) is 10.6. The Labute approximate surface area is 217 Å². The van der Waals surface area contributed by atoms with E-state index >= 15 is 0 Å². The Kier molecular flexibility index (Phi) is 8.75. The number of hydrogen-bond donors (Lipinski definition) is 1. The molecule has 9 nitrogen and oxygen atoms in total. The minimum Gasteiger partial charge on any atom is -0.444 e. The van der Waals surface area contributed by atoms with Gasteiger partial charge in [-0.3, -0.25) is 9.59 Å². The summed E-state index contributed by atoms with van der Waals surface area (Å²) < 4.78 is 19.0. The molecule has 3 rings (SSSR count). The summed E-state index contributed by atoms with van der Waals surface area (Å²) in [6, 6.07) is 2.21. The Morgan fingerprint density at radius 2 is 1.95 bits per heavy atom. The molecule has 2 fully saturated rings. The van der Waals surface area contributed by atoms with Gasteiger partial charge in [0.1, 0.15) is 17.7 Å². The molecule has 0 bridgehead atoms. The maximum absolute atomic E-state index is 13.6. The Hall–Kier alpha value is -3.66. The average Bonchev–Trinajstić information content (AvgIpc) is 3.42. The zero-order valence-corrected chi connectivity index (χ0v) is 21.7. The number of carbonyl (C=O) groups is 3. The van der Waals surface area contributed by atoms with Crippen molar-refractivity contribution in [3.8, 4) is 18.4 Å². The van der Waals surface area contributed by atoms with Crippen LogP contribution in [0.25, 0.3) is 0 Å². The summed E-state index contributed by atoms with van der Waals surface area (Å²) in [5.74, 6) is 1.08. The molecule has 5 atom stereocenters. The molecule has 2 saturated heterocycles. The van der Waals surface area contributed by atoms with E-state index in [-0.39, 0.29) is 30.0 Å². The Bertz CT molecular complexity index is 1080. The van der Waals surface area contributed by atoms with Crippen LogP contribution in [0.1, 0.15) is 76.6 Å². The molecule has 3 unspecified atom stereocenters. The molecule has 1 aromatic rings. The SMILES string of the molecule is C#CC1CC[C@@H](C#N)N1C(=O)[C@H](CCC1CCC(C)N1C(=O)c1ccnc(F)c1)NC(=O)OC(C)(C)C. The Morgan fingerprint density at radius 1 is 1.24 bits per heavy atom. The highest BCUT2D eigenvalue weighted by Crippen LogP contribution is 2.30. The fourth-order valence-corrected chi connectivity index (χ4v) is 5.06. The molecule has 198 valence electrons. The molecule has 0 spiro atoms. The van der Waals surface area contributed by atoms with Crippen molar-refractivity contribution in [3.63, 3.8) is 0 Å². The molecule has 0 saturated carbocycles. The normalized spacial score (nSPS) is 24.2. The molecular formula is C27H34FN5O4. The van der Waals surface area contributed by atoms with Gasteiger partial charge in [0.25, 0.3) is 5.91 Å². The highest BCUT2D eigenvalue weighted by molar-refractivity contribution is 5.94. The summed E-state index contributed by atoms with van der Waals surface area (Å²) in [7, 11) is 0. The van der Waals surface area contributed by atoms with E-state index in [0.29, 0.717) is 25.7 Å². The van der Waals surface area contributed by atoms with Crippen molar-refractivity contribution < 1.29 is 23.5 Å². The number of nitrogens with one attached hydrogen (secondary N) is 1. The van der Waals surface area contributed by atoms with Crippen LogP contribution >= 0.6 is 0 Å². The molecule has 37 heavy (non-hydrogen) atoms. The van der Waals surface area contributed by atoms with E-state index in [9.17, 15) is 24.0 Å². The van der Waals surface area contributed by atoms with Gasteiger partial charge in [0.15, 0.2) is 0 Å². The van der Waals surface area contributed by atoms with Crippen molar-refractivity contribution in [2.45, 2.75) is 102 Å². The van der Waals surface area contributed by atoms with Gasteiger partial charge >= 0.3 is 6.09 Å². The highest BCUT2D eigenvalue weighted by atomic mass is 19.1. The number of hydrogen-bond acceptors (Lipinski definition) is 6. The van der Waals surface area contributed by atoms with Gasteiger partial charge in [0.2, 0.25) is 11.9 Å². The van der Waals surface area contributed by atoms with Crippen molar-refractivity contribution in [1.82, 2.24) is 20.1 Å². The number of alkyl carbamates (subject to hydrolysis) is 1. The maximum atomic E-state index is 13.6. The lowest BCUT2D eigenvalue weighted by molar-refractivity contribution is -0.134. The molecule has 2 aliphatic rings. The number of carbonyl (C=O) groups excluding carboxylic acids is 3. The number of terminal acetylenes is 1. The fraction of sp³-hybridized carbons (Fsp3) is 0.593. The third kappa shape index (κ3) is 6.76. The van der Waals surface area contributed by atoms with E-state index in [2.05, 4.69) is 22.3 Å². The Morgan fingerprint density at radius 3 is 2.57 bits per heavy atom. The van der Waals surface area contributed by atoms with Crippen LogP contribution in [0, 0.1) is 29.6 Å². The topological polar surface area (TPSA) is 116 Å². The lowest BCUT2D eigenvalue weighted by Gasteiger charge is -2.32. The van der Waals surface area contributed by atoms with E-state index in [1.54, 1.807) is 25.7 Å². The van der Waals surface area contributed by atoms with Crippen LogP contribution in [0.3, 0.4) is 0 Å². The van der Waals surface area contributed by atoms with Crippen molar-refractivity contribution in [1.29, 1.82) is 5.26 Å². The van der Waals surface area contributed by atoms with Crippen molar-refractivity contribution in [2.24, 2.45) is 0 Å². The van der Waals surface area contributed by atoms with Crippen LogP contribution in [0.5, 0.6) is 0 Å². The molecule has 1 N–H and O–H groups in total. The lowest BCUT2D eigenvalue weighted by Crippen LogP contribution is -2.53. The zero-order valence-electron chi connectivity index (χ0n) is 21.7. The molecule has 3 amide bonds. The van der Waals surface area contributed by atoms with Crippen LogP contribution in [0.4, 0.5) is 9.18 Å². The van der Waals surface area contributed by atoms with E-state index in [1.165, 1.54) is 17.2 Å². The van der Waals surface area contributed by atoms with Crippen LogP contribution < -0.4 is 5.32 Å². The van der Waals surface area contributed by atoms with Crippen molar-refractivity contribution in [2.75, 3.05) is 0 Å². The fourth-order valence-electron chi connectivity index (χ4n) is 5.06. The molecule has 0 radical (unpaired) electrons. The van der Waals surface area contributed by atoms with Gasteiger partial charge in [-0.2, -0.15) is 9.65 Å². The van der Waals surface area contributed by atoms with Crippen molar-refractivity contribution >= 4 is 17.9 Å². The third-order valence-corrected chi connectivity index (χ3v) is 6.75. The summed E-state index contributed by atoms with van der Waals surface area (Å²) in [4.78, 5) is 46.0. The standard InChI is InChI=1S/C27H34FN5O4/c1-6-19-9-10-21(16-29)33(19)25(35)22(31-26(36)37-27(3,4)5)12-11-20-8-7-17(2)32(20)24(34)18-13-14-30-23(28)15-18/h1,13-15,17,19-22H,7-12H2,2-5H3,(H,31,36)/t17?,19?,20?,21-,22-/m0/s1. The largest absolute Gasteiger partial charge is 0.444 e. The number of halogens is 1. The van der Waals surface area contributed by atoms with Gasteiger partial charge in [-0.05, 0) is 72.3 Å². The first-order valence-electron chi connectivity index (χ1n) is 12.6. The van der Waals surface area contributed by atoms with Crippen LogP contribution in [0.15, 0.2) is 18.3 Å². The first-order chi connectivity index (χ1) is 17.4. The van der Waals surface area contributed by atoms with Crippen molar-refractivity contribution in [3.05, 3.63) is 29.8 Å². The van der Waals surface area contributed by atoms with E-state index < -0.39 is 41.7 Å². The van der Waals surface area contributed by atoms with Gasteiger partial charge in [-0.15, -0.1) is 6.42 Å². The van der Waals surface area contributed by atoms with Gasteiger partial charge in [-0.1, -0.05) is 5.92 Å². The zero-order chi connectivity index (χ0) is 27.3. The monoisotopic (exact) mass is 511 g/mol. The van der Waals surface area contributed by atoms with Gasteiger partial charge < -0.3 is 19.9 Å². The molecule has 2 aliphatic heterocycles. The van der Waals surface area contributed by atoms with Crippen LogP contribution in [-0.2, 0) is 9.53 Å². The molecule has 3 heterocycles. The molecule has 0 aliphatic carbocycles. The summed E-state index contributed by atoms with van der Waals surface area (Å²) in [6.07, 6.45) is 9.15. The molecular weight excluding hydrogens is 477 g/mol. The lowest BCUT2D eigenvalue weighted by atomic mass is 10.0. The van der Waals surface area contributed by atoms with Gasteiger partial charge in [-0.25, -0.2) is 9.78 Å². The molecule has 1 aromatic heterocycles. The quantitative estimate of drug-likeness (QED) is 0.462. The van der Waals surface area contributed by atoms with Gasteiger partial charge in [0, 0.05) is 29.9 Å². The van der Waals surface area contributed by atoms with Crippen LogP contribution in [-0.4, -0.2) is 68.5 Å². The smallest absolute Gasteiger partial charge is 0.408 e. The van der Waals surface area contributed by atoms with Crippen LogP contribution in [0.2, 0.25) is 0 Å². The summed E-state index contributed by atoms with van der Waals surface area (Å²) in [5, 5.41) is 12.2. The number of likely N-dealkylation sites (tertiary alicyclic amines) is 2. The number of ether oxygens (including phenoxy) is 1. The Balaban J connectivity index is 1.80. The number of aromatic nitrogens is 1. The predicted octanol–water partition coefficient (Wildman–Crippen LogP) is 3.40. The second kappa shape index (κ2) is 11.6. The maximum Gasteiger partial charge on any atom is 0.408 e. The van der Waals surface area contributed by atoms with E-state index in [4.69, 9.17) is 11.2 Å². The molecule has 10 heteroatoms. The number of rotatable bonds is 6. The summed E-state index contributed by atoms with van der Waals surface area (Å²) >= 11 is 0. The number of nitriles is 1. The summed E-state index contributed by atoms with van der Waals surface area (Å²) in [5.41, 5.74) is -0.567. The minimum atomic E-state index is -0.995. The second-order valence-corrected chi connectivity index (χ2v) is 10.6.